The quantitative estimate of drug-likeness (QED) is 0.340. The number of hydrogen-bond acceptors (Lipinski definition) is 6. The van der Waals surface area contributed by atoms with E-state index >= 15 is 0 Å². The third-order valence-corrected chi connectivity index (χ3v) is 7.98. The van der Waals surface area contributed by atoms with Crippen LogP contribution in [-0.2, 0) is 33.0 Å². The van der Waals surface area contributed by atoms with E-state index in [1.54, 1.807) is 22.5 Å². The summed E-state index contributed by atoms with van der Waals surface area (Å²) in [5, 5.41) is 0. The van der Waals surface area contributed by atoms with Crippen LogP contribution in [0.25, 0.3) is 11.0 Å². The van der Waals surface area contributed by atoms with E-state index in [9.17, 15) is 13.2 Å². The number of benzene rings is 2. The van der Waals surface area contributed by atoms with Crippen LogP contribution < -0.4 is 4.74 Å². The van der Waals surface area contributed by atoms with Crippen LogP contribution in [0.1, 0.15) is 37.1 Å². The highest BCUT2D eigenvalue weighted by Crippen LogP contribution is 2.25. The van der Waals surface area contributed by atoms with Crippen LogP contribution in [0.15, 0.2) is 47.4 Å². The van der Waals surface area contributed by atoms with Crippen molar-refractivity contribution >= 4 is 27.0 Å². The number of nitrogens with zero attached hydrogens (tertiary/aromatic N) is 3. The fourth-order valence-electron chi connectivity index (χ4n) is 4.10. The Labute approximate surface area is 200 Å². The average Bonchev–Trinajstić information content (AvgIpc) is 3.17. The monoisotopic (exact) mass is 485 g/mol. The largest absolute Gasteiger partial charge is 0.490 e. The molecule has 0 radical (unpaired) electrons. The van der Waals surface area contributed by atoms with E-state index < -0.39 is 10.0 Å². The second kappa shape index (κ2) is 10.6. The maximum absolute atomic E-state index is 13.0. The zero-order chi connectivity index (χ0) is 24.1. The first-order valence-corrected chi connectivity index (χ1v) is 13.1. The molecule has 1 aliphatic rings. The number of carbonyl (C=O) groups excluding carboxylic acids is 1. The summed E-state index contributed by atoms with van der Waals surface area (Å²) in [6.07, 6.45) is 3.43. The molecule has 0 atom stereocenters. The fraction of sp³-hybridized carbons (Fsp3) is 0.440. The van der Waals surface area contributed by atoms with Crippen LogP contribution in [-0.4, -0.2) is 54.5 Å². The molecule has 1 aromatic heterocycles. The molecule has 0 N–H and O–H groups in total. The van der Waals surface area contributed by atoms with Gasteiger partial charge in [0.25, 0.3) is 0 Å². The first-order chi connectivity index (χ1) is 16.3. The van der Waals surface area contributed by atoms with E-state index in [1.165, 1.54) is 0 Å². The Morgan fingerprint density at radius 2 is 1.76 bits per heavy atom. The number of sulfonamides is 1. The van der Waals surface area contributed by atoms with Gasteiger partial charge in [0.15, 0.2) is 0 Å². The maximum Gasteiger partial charge on any atom is 0.306 e. The van der Waals surface area contributed by atoms with Crippen molar-refractivity contribution in [2.45, 2.75) is 43.9 Å². The summed E-state index contributed by atoms with van der Waals surface area (Å²) in [7, 11) is -1.65. The summed E-state index contributed by atoms with van der Waals surface area (Å²) in [5.41, 5.74) is 2.59. The molecule has 4 rings (SSSR count). The molecule has 1 aliphatic heterocycles. The highest BCUT2D eigenvalue weighted by molar-refractivity contribution is 7.89. The van der Waals surface area contributed by atoms with Crippen molar-refractivity contribution in [3.8, 4) is 5.75 Å². The SMILES string of the molecule is Cc1ccc(OCCOC(=O)CCc2nc3cc(S(=O)(=O)N4CCCCC4)ccc3n2C)cc1. The Morgan fingerprint density at radius 1 is 1.03 bits per heavy atom. The van der Waals surface area contributed by atoms with Crippen LogP contribution in [0.2, 0.25) is 0 Å². The Kier molecular flexibility index (Phi) is 7.53. The van der Waals surface area contributed by atoms with Crippen molar-refractivity contribution < 1.29 is 22.7 Å². The summed E-state index contributed by atoms with van der Waals surface area (Å²) in [4.78, 5) is 17.0. The smallest absolute Gasteiger partial charge is 0.306 e. The van der Waals surface area contributed by atoms with Crippen LogP contribution in [0, 0.1) is 6.92 Å². The van der Waals surface area contributed by atoms with Crippen LogP contribution in [0.4, 0.5) is 0 Å². The predicted molar refractivity (Wildman–Crippen MR) is 129 cm³/mol. The highest BCUT2D eigenvalue weighted by Gasteiger charge is 2.26. The van der Waals surface area contributed by atoms with E-state index in [0.29, 0.717) is 30.9 Å². The lowest BCUT2D eigenvalue weighted by atomic mass is 10.2. The number of carbonyl (C=O) groups is 1. The molecular weight excluding hydrogens is 454 g/mol. The Bertz CT molecular complexity index is 1250. The topological polar surface area (TPSA) is 90.7 Å². The number of aryl methyl sites for hydroxylation is 3. The lowest BCUT2D eigenvalue weighted by Crippen LogP contribution is -2.35. The number of rotatable bonds is 9. The van der Waals surface area contributed by atoms with Gasteiger partial charge in [0.1, 0.15) is 24.8 Å². The van der Waals surface area contributed by atoms with Gasteiger partial charge in [-0.3, -0.25) is 4.79 Å². The van der Waals surface area contributed by atoms with Gasteiger partial charge >= 0.3 is 5.97 Å². The standard InChI is InChI=1S/C25H31N3O5S/c1-19-6-8-20(9-7-19)32-16-17-33-25(29)13-12-24-26-22-18-21(10-11-23(22)27(24)2)34(30,31)28-14-4-3-5-15-28/h6-11,18H,3-5,12-17H2,1-2H3. The molecule has 1 saturated heterocycles. The third-order valence-electron chi connectivity index (χ3n) is 6.09. The molecule has 0 amide bonds. The summed E-state index contributed by atoms with van der Waals surface area (Å²) in [6, 6.07) is 12.7. The molecule has 0 spiro atoms. The van der Waals surface area contributed by atoms with E-state index in [0.717, 1.165) is 36.1 Å². The van der Waals surface area contributed by atoms with Crippen LogP contribution in [0.5, 0.6) is 5.75 Å². The Balaban J connectivity index is 1.32. The molecule has 1 fully saturated rings. The van der Waals surface area contributed by atoms with E-state index in [4.69, 9.17) is 9.47 Å². The zero-order valence-corrected chi connectivity index (χ0v) is 20.5. The minimum atomic E-state index is -3.52. The van der Waals surface area contributed by atoms with Gasteiger partial charge in [0.2, 0.25) is 10.0 Å². The molecule has 182 valence electrons. The Morgan fingerprint density at radius 3 is 2.50 bits per heavy atom. The molecule has 34 heavy (non-hydrogen) atoms. The van der Waals surface area contributed by atoms with Crippen molar-refractivity contribution in [2.24, 2.45) is 7.05 Å². The maximum atomic E-state index is 13.0. The summed E-state index contributed by atoms with van der Waals surface area (Å²) in [6.45, 7) is 3.59. The van der Waals surface area contributed by atoms with Gasteiger partial charge in [-0.1, -0.05) is 24.1 Å². The number of imidazole rings is 1. The first-order valence-electron chi connectivity index (χ1n) is 11.7. The molecule has 0 aliphatic carbocycles. The second-order valence-corrected chi connectivity index (χ2v) is 10.5. The van der Waals surface area contributed by atoms with Gasteiger partial charge in [-0.25, -0.2) is 13.4 Å². The predicted octanol–water partition coefficient (Wildman–Crippen LogP) is 3.61. The molecule has 3 aromatic rings. The number of ether oxygens (including phenoxy) is 2. The molecule has 2 aromatic carbocycles. The molecule has 8 nitrogen and oxygen atoms in total. The number of fused-ring (bicyclic) bond motifs is 1. The summed E-state index contributed by atoms with van der Waals surface area (Å²) >= 11 is 0. The molecular formula is C25H31N3O5S. The van der Waals surface area contributed by atoms with Gasteiger partial charge in [-0.15, -0.1) is 0 Å². The van der Waals surface area contributed by atoms with Gasteiger partial charge in [-0.2, -0.15) is 4.31 Å². The van der Waals surface area contributed by atoms with Gasteiger partial charge in [-0.05, 0) is 50.1 Å². The lowest BCUT2D eigenvalue weighted by molar-refractivity contribution is -0.144. The van der Waals surface area contributed by atoms with Crippen LogP contribution in [0.3, 0.4) is 0 Å². The highest BCUT2D eigenvalue weighted by atomic mass is 32.2. The zero-order valence-electron chi connectivity index (χ0n) is 19.7. The summed E-state index contributed by atoms with van der Waals surface area (Å²) in [5.74, 6) is 1.12. The molecule has 0 saturated carbocycles. The van der Waals surface area contributed by atoms with Crippen molar-refractivity contribution in [3.63, 3.8) is 0 Å². The number of hydrogen-bond donors (Lipinski definition) is 0. The fourth-order valence-corrected chi connectivity index (χ4v) is 5.64. The minimum absolute atomic E-state index is 0.174. The van der Waals surface area contributed by atoms with E-state index in [1.807, 2.05) is 42.8 Å². The van der Waals surface area contributed by atoms with Crippen molar-refractivity contribution in [3.05, 3.63) is 53.9 Å². The number of piperidine rings is 1. The Hall–Kier alpha value is -2.91. The number of aromatic nitrogens is 2. The van der Waals surface area contributed by atoms with E-state index in [2.05, 4.69) is 4.98 Å². The van der Waals surface area contributed by atoms with Gasteiger partial charge in [0, 0.05) is 26.6 Å². The third kappa shape index (κ3) is 5.59. The minimum Gasteiger partial charge on any atom is -0.490 e. The van der Waals surface area contributed by atoms with Crippen molar-refractivity contribution in [1.82, 2.24) is 13.9 Å². The molecule has 0 unspecified atom stereocenters. The van der Waals surface area contributed by atoms with E-state index in [-0.39, 0.29) is 30.5 Å². The molecule has 2 heterocycles. The van der Waals surface area contributed by atoms with Crippen molar-refractivity contribution in [1.29, 1.82) is 0 Å². The second-order valence-electron chi connectivity index (χ2n) is 8.58. The molecule has 9 heteroatoms. The first kappa shape index (κ1) is 24.2. The molecule has 0 bridgehead atoms. The number of esters is 1. The van der Waals surface area contributed by atoms with Gasteiger partial charge < -0.3 is 14.0 Å². The van der Waals surface area contributed by atoms with Crippen molar-refractivity contribution in [2.75, 3.05) is 26.3 Å². The van der Waals surface area contributed by atoms with Gasteiger partial charge in [0.05, 0.1) is 22.3 Å². The summed E-state index contributed by atoms with van der Waals surface area (Å²) < 4.78 is 40.3. The normalized spacial score (nSPS) is 14.9. The average molecular weight is 486 g/mol. The van der Waals surface area contributed by atoms with Crippen LogP contribution >= 0.6 is 0 Å². The lowest BCUT2D eigenvalue weighted by Gasteiger charge is -2.25.